The van der Waals surface area contributed by atoms with Gasteiger partial charge in [-0.15, -0.1) is 0 Å². The van der Waals surface area contributed by atoms with Crippen LogP contribution in [0.4, 0.5) is 17.6 Å². The van der Waals surface area contributed by atoms with Gasteiger partial charge >= 0.3 is 6.18 Å². The summed E-state index contributed by atoms with van der Waals surface area (Å²) in [5.74, 6) is -1.15. The fourth-order valence-electron chi connectivity index (χ4n) is 1.74. The van der Waals surface area contributed by atoms with E-state index in [1.54, 1.807) is 0 Å². The third-order valence-corrected chi connectivity index (χ3v) is 2.84. The molecule has 110 valence electrons. The van der Waals surface area contributed by atoms with Crippen molar-refractivity contribution in [1.29, 1.82) is 0 Å². The Morgan fingerprint density at radius 3 is 2.55 bits per heavy atom. The number of carbonyl (C=O) groups excluding carboxylic acids is 1. The Balaban J connectivity index is 1.88. The van der Waals surface area contributed by atoms with Crippen molar-refractivity contribution in [3.63, 3.8) is 0 Å². The summed E-state index contributed by atoms with van der Waals surface area (Å²) in [6.45, 7) is -0.00666. The Morgan fingerprint density at radius 2 is 1.95 bits per heavy atom. The number of nitrogens with one attached hydrogen (secondary N) is 2. The highest BCUT2D eigenvalue weighted by Gasteiger charge is 2.31. The van der Waals surface area contributed by atoms with Gasteiger partial charge in [-0.3, -0.25) is 4.79 Å². The molecule has 7 heteroatoms. The lowest BCUT2D eigenvalue weighted by Crippen LogP contribution is -2.34. The number of carbonyl (C=O) groups is 1. The number of hydrogen-bond donors (Lipinski definition) is 2. The van der Waals surface area contributed by atoms with Crippen LogP contribution in [0, 0.1) is 5.82 Å². The van der Waals surface area contributed by atoms with Gasteiger partial charge in [-0.2, -0.15) is 13.2 Å². The van der Waals surface area contributed by atoms with E-state index in [1.165, 1.54) is 0 Å². The second-order valence-corrected chi connectivity index (χ2v) is 4.79. The van der Waals surface area contributed by atoms with Gasteiger partial charge in [0.25, 0.3) is 0 Å². The van der Waals surface area contributed by atoms with Gasteiger partial charge in [-0.05, 0) is 36.6 Å². The first kappa shape index (κ1) is 14.8. The predicted molar refractivity (Wildman–Crippen MR) is 64.3 cm³/mol. The van der Waals surface area contributed by atoms with Gasteiger partial charge in [-0.1, -0.05) is 0 Å². The average molecular weight is 290 g/mol. The van der Waals surface area contributed by atoms with Gasteiger partial charge in [0.1, 0.15) is 5.82 Å². The van der Waals surface area contributed by atoms with E-state index in [0.717, 1.165) is 25.0 Å². The number of hydrogen-bond acceptors (Lipinski definition) is 2. The molecule has 0 bridgehead atoms. The zero-order valence-corrected chi connectivity index (χ0v) is 10.6. The normalized spacial score (nSPS) is 15.2. The molecule has 0 aromatic heterocycles. The van der Waals surface area contributed by atoms with Crippen LogP contribution in [0.15, 0.2) is 18.2 Å². The molecule has 0 heterocycles. The number of rotatable bonds is 5. The lowest BCUT2D eigenvalue weighted by molar-refractivity contribution is -0.137. The summed E-state index contributed by atoms with van der Waals surface area (Å²) in [5, 5.41) is 5.43. The topological polar surface area (TPSA) is 41.1 Å². The van der Waals surface area contributed by atoms with E-state index in [2.05, 4.69) is 10.6 Å². The van der Waals surface area contributed by atoms with Crippen molar-refractivity contribution in [2.24, 2.45) is 0 Å². The van der Waals surface area contributed by atoms with Crippen LogP contribution in [0.1, 0.15) is 24.0 Å². The fourth-order valence-corrected chi connectivity index (χ4v) is 1.74. The molecular weight excluding hydrogens is 276 g/mol. The quantitative estimate of drug-likeness (QED) is 0.816. The zero-order valence-electron chi connectivity index (χ0n) is 10.6. The second kappa shape index (κ2) is 5.78. The largest absolute Gasteiger partial charge is 0.416 e. The highest BCUT2D eigenvalue weighted by Crippen LogP contribution is 2.30. The smallest absolute Gasteiger partial charge is 0.352 e. The van der Waals surface area contributed by atoms with Crippen LogP contribution in [0.25, 0.3) is 0 Å². The molecule has 0 spiro atoms. The molecule has 1 saturated carbocycles. The summed E-state index contributed by atoms with van der Waals surface area (Å²) in [4.78, 5) is 11.3. The molecule has 1 aromatic carbocycles. The maximum atomic E-state index is 13.1. The third-order valence-electron chi connectivity index (χ3n) is 2.84. The second-order valence-electron chi connectivity index (χ2n) is 4.79. The van der Waals surface area contributed by atoms with Crippen molar-refractivity contribution < 1.29 is 22.4 Å². The molecule has 0 unspecified atom stereocenters. The molecule has 0 aliphatic heterocycles. The summed E-state index contributed by atoms with van der Waals surface area (Å²) in [6, 6.07) is 2.56. The van der Waals surface area contributed by atoms with Gasteiger partial charge in [0.05, 0.1) is 12.1 Å². The Hall–Kier alpha value is -1.63. The molecule has 1 amide bonds. The van der Waals surface area contributed by atoms with E-state index in [4.69, 9.17) is 0 Å². The number of amides is 1. The predicted octanol–water partition coefficient (Wildman–Crippen LogP) is 2.21. The Labute approximate surface area is 113 Å². The van der Waals surface area contributed by atoms with Crippen molar-refractivity contribution in [3.05, 3.63) is 35.1 Å². The number of benzene rings is 1. The van der Waals surface area contributed by atoms with E-state index in [1.807, 2.05) is 0 Å². The molecular formula is C13H14F4N2O. The molecule has 2 N–H and O–H groups in total. The lowest BCUT2D eigenvalue weighted by atomic mass is 10.1. The first-order chi connectivity index (χ1) is 9.34. The average Bonchev–Trinajstić information content (AvgIpc) is 3.11. The zero-order chi connectivity index (χ0) is 14.8. The maximum Gasteiger partial charge on any atom is 0.416 e. The molecule has 0 radical (unpaired) electrons. The van der Waals surface area contributed by atoms with E-state index in [-0.39, 0.29) is 30.6 Å². The minimum atomic E-state index is -4.58. The van der Waals surface area contributed by atoms with Crippen LogP contribution in [-0.2, 0) is 17.5 Å². The molecule has 2 rings (SSSR count). The SMILES string of the molecule is O=C(CNCc1cc(F)cc(C(F)(F)F)c1)NC1CC1. The number of alkyl halides is 3. The van der Waals surface area contributed by atoms with Crippen LogP contribution in [0.3, 0.4) is 0 Å². The highest BCUT2D eigenvalue weighted by molar-refractivity contribution is 5.78. The van der Waals surface area contributed by atoms with E-state index >= 15 is 0 Å². The van der Waals surface area contributed by atoms with Crippen molar-refractivity contribution >= 4 is 5.91 Å². The van der Waals surface area contributed by atoms with Gasteiger partial charge < -0.3 is 10.6 Å². The van der Waals surface area contributed by atoms with Gasteiger partial charge in [0.15, 0.2) is 0 Å². The van der Waals surface area contributed by atoms with Crippen molar-refractivity contribution in [2.45, 2.75) is 31.6 Å². The van der Waals surface area contributed by atoms with E-state index in [9.17, 15) is 22.4 Å². The van der Waals surface area contributed by atoms with E-state index < -0.39 is 17.6 Å². The van der Waals surface area contributed by atoms with Gasteiger partial charge in [0, 0.05) is 12.6 Å². The van der Waals surface area contributed by atoms with Crippen LogP contribution >= 0.6 is 0 Å². The summed E-state index contributed by atoms with van der Waals surface area (Å²) >= 11 is 0. The van der Waals surface area contributed by atoms with Crippen LogP contribution < -0.4 is 10.6 Å². The maximum absolute atomic E-state index is 13.1. The third kappa shape index (κ3) is 4.48. The first-order valence-corrected chi connectivity index (χ1v) is 6.21. The van der Waals surface area contributed by atoms with Gasteiger partial charge in [0.2, 0.25) is 5.91 Å². The molecule has 20 heavy (non-hydrogen) atoms. The van der Waals surface area contributed by atoms with Crippen molar-refractivity contribution in [1.82, 2.24) is 10.6 Å². The highest BCUT2D eigenvalue weighted by atomic mass is 19.4. The van der Waals surface area contributed by atoms with Crippen molar-refractivity contribution in [3.8, 4) is 0 Å². The Kier molecular flexibility index (Phi) is 4.27. The fraction of sp³-hybridized carbons (Fsp3) is 0.462. The summed E-state index contributed by atoms with van der Waals surface area (Å²) < 4.78 is 50.6. The minimum Gasteiger partial charge on any atom is -0.352 e. The van der Waals surface area contributed by atoms with Crippen LogP contribution in [0.5, 0.6) is 0 Å². The molecule has 1 aliphatic carbocycles. The summed E-state index contributed by atoms with van der Waals surface area (Å²) in [6.07, 6.45) is -2.66. The summed E-state index contributed by atoms with van der Waals surface area (Å²) in [7, 11) is 0. The molecule has 1 fully saturated rings. The van der Waals surface area contributed by atoms with Crippen molar-refractivity contribution in [2.75, 3.05) is 6.54 Å². The minimum absolute atomic E-state index is 0.00106. The molecule has 3 nitrogen and oxygen atoms in total. The van der Waals surface area contributed by atoms with Crippen LogP contribution in [-0.4, -0.2) is 18.5 Å². The molecule has 1 aliphatic rings. The standard InChI is InChI=1S/C13H14F4N2O/c14-10-4-8(3-9(5-10)13(15,16)17)6-18-7-12(20)19-11-1-2-11/h3-5,11,18H,1-2,6-7H2,(H,19,20). The number of halogens is 4. The van der Waals surface area contributed by atoms with Gasteiger partial charge in [-0.25, -0.2) is 4.39 Å². The van der Waals surface area contributed by atoms with E-state index in [0.29, 0.717) is 6.07 Å². The molecule has 0 saturated heterocycles. The molecule has 0 atom stereocenters. The Bertz CT molecular complexity index is 498. The van der Waals surface area contributed by atoms with Crippen LogP contribution in [0.2, 0.25) is 0 Å². The summed E-state index contributed by atoms with van der Waals surface area (Å²) in [5.41, 5.74) is -0.881. The first-order valence-electron chi connectivity index (χ1n) is 6.21. The Morgan fingerprint density at radius 1 is 1.25 bits per heavy atom. The lowest BCUT2D eigenvalue weighted by Gasteiger charge is -2.10. The molecule has 1 aromatic rings. The monoisotopic (exact) mass is 290 g/mol.